The van der Waals surface area contributed by atoms with Gasteiger partial charge in [0, 0.05) is 29.7 Å². The molecular weight excluding hydrogens is 446 g/mol. The molecule has 1 unspecified atom stereocenters. The number of aliphatic imine (C=N–C) groups is 1. The predicted octanol–water partition coefficient (Wildman–Crippen LogP) is 9.78. The summed E-state index contributed by atoms with van der Waals surface area (Å²) in [6.45, 7) is 6.57. The van der Waals surface area contributed by atoms with E-state index in [9.17, 15) is 0 Å². The van der Waals surface area contributed by atoms with E-state index in [1.165, 1.54) is 113 Å². The van der Waals surface area contributed by atoms with Crippen molar-refractivity contribution in [3.63, 3.8) is 0 Å². The topological polar surface area (TPSA) is 50.6 Å². The highest BCUT2D eigenvalue weighted by Gasteiger charge is 2.20. The Hall–Kier alpha value is -1.26. The van der Waals surface area contributed by atoms with E-state index in [1.807, 2.05) is 11.8 Å². The molecule has 2 aliphatic heterocycles. The Labute approximate surface area is 222 Å². The Morgan fingerprint density at radius 3 is 1.86 bits per heavy atom. The van der Waals surface area contributed by atoms with Crippen molar-refractivity contribution in [2.75, 3.05) is 24.6 Å². The highest BCUT2D eigenvalue weighted by atomic mass is 32.2. The van der Waals surface area contributed by atoms with E-state index in [2.05, 4.69) is 66.5 Å². The van der Waals surface area contributed by atoms with Crippen LogP contribution in [0.1, 0.15) is 122 Å². The van der Waals surface area contributed by atoms with Crippen molar-refractivity contribution in [3.8, 4) is 0 Å². The second-order valence-electron chi connectivity index (χ2n) is 9.86. The molecule has 0 amide bonds. The van der Waals surface area contributed by atoms with Gasteiger partial charge in [-0.3, -0.25) is 4.99 Å². The summed E-state index contributed by atoms with van der Waals surface area (Å²) in [6, 6.07) is 11.0. The highest BCUT2D eigenvalue weighted by molar-refractivity contribution is 8.06. The lowest BCUT2D eigenvalue weighted by Crippen LogP contribution is -2.23. The minimum Gasteiger partial charge on any atom is -0.344 e. The Morgan fingerprint density at radius 2 is 1.40 bits per heavy atom. The third kappa shape index (κ3) is 15.5. The maximum absolute atomic E-state index is 4.47. The normalized spacial score (nSPS) is 15.4. The van der Waals surface area contributed by atoms with E-state index < -0.39 is 0 Å². The molecule has 1 aromatic carbocycles. The van der Waals surface area contributed by atoms with Crippen molar-refractivity contribution in [2.45, 2.75) is 116 Å². The summed E-state index contributed by atoms with van der Waals surface area (Å²) in [5.41, 5.74) is 2.90. The van der Waals surface area contributed by atoms with Gasteiger partial charge in [-0.05, 0) is 24.8 Å². The molecule has 3 rings (SSSR count). The van der Waals surface area contributed by atoms with Crippen LogP contribution < -0.4 is 6.15 Å². The van der Waals surface area contributed by atoms with Gasteiger partial charge in [-0.2, -0.15) is 11.8 Å². The van der Waals surface area contributed by atoms with Crippen LogP contribution in [0, 0.1) is 0 Å². The van der Waals surface area contributed by atoms with E-state index in [-0.39, 0.29) is 6.15 Å². The zero-order valence-electron chi connectivity index (χ0n) is 23.1. The summed E-state index contributed by atoms with van der Waals surface area (Å²) in [5, 5.41) is 0. The van der Waals surface area contributed by atoms with Crippen molar-refractivity contribution < 1.29 is 0 Å². The van der Waals surface area contributed by atoms with Crippen LogP contribution >= 0.6 is 11.8 Å². The minimum atomic E-state index is 0. The van der Waals surface area contributed by atoms with Crippen LogP contribution in [0.2, 0.25) is 0 Å². The fourth-order valence-corrected chi connectivity index (χ4v) is 4.75. The van der Waals surface area contributed by atoms with Gasteiger partial charge in [-0.25, -0.2) is 0 Å². The van der Waals surface area contributed by atoms with Gasteiger partial charge in [0.15, 0.2) is 0 Å². The Morgan fingerprint density at radius 1 is 0.857 bits per heavy atom. The number of hydrogen-bond donors (Lipinski definition) is 1. The number of benzene rings is 1. The number of nitrogens with zero attached hydrogens (tertiary/aromatic N) is 2. The molecule has 1 atom stereocenters. The maximum atomic E-state index is 4.47. The molecule has 0 bridgehead atoms. The zero-order chi connectivity index (χ0) is 24.1. The van der Waals surface area contributed by atoms with Crippen LogP contribution in [-0.4, -0.2) is 35.8 Å². The molecule has 4 heteroatoms. The highest BCUT2D eigenvalue weighted by Crippen LogP contribution is 2.31. The van der Waals surface area contributed by atoms with Gasteiger partial charge in [-0.1, -0.05) is 127 Å². The molecule has 2 aliphatic rings. The first-order valence-electron chi connectivity index (χ1n) is 14.5. The van der Waals surface area contributed by atoms with Crippen molar-refractivity contribution >= 4 is 18.1 Å². The minimum absolute atomic E-state index is 0. The van der Waals surface area contributed by atoms with Crippen molar-refractivity contribution in [1.82, 2.24) is 11.1 Å². The van der Waals surface area contributed by atoms with E-state index >= 15 is 0 Å². The molecule has 2 heterocycles. The van der Waals surface area contributed by atoms with Crippen LogP contribution in [0.15, 0.2) is 47.1 Å². The van der Waals surface area contributed by atoms with Gasteiger partial charge in [0.25, 0.3) is 0 Å². The number of hydrogen-bond acceptors (Lipinski definition) is 4. The number of thioether (sulfide) groups is 1. The van der Waals surface area contributed by atoms with Crippen molar-refractivity contribution in [1.29, 1.82) is 0 Å². The SMILES string of the molecule is C1CS1.CCCCCCCCCCCCCCCC=C(C(CC)c1ccccc1)N1C=NCC1.N. The van der Waals surface area contributed by atoms with E-state index in [1.54, 1.807) is 0 Å². The first-order chi connectivity index (χ1) is 16.9. The maximum Gasteiger partial charge on any atom is 0.0893 e. The van der Waals surface area contributed by atoms with E-state index in [0.29, 0.717) is 5.92 Å². The first kappa shape index (κ1) is 31.8. The molecule has 3 N–H and O–H groups in total. The molecule has 3 nitrogen and oxygen atoms in total. The summed E-state index contributed by atoms with van der Waals surface area (Å²) in [4.78, 5) is 6.87. The second kappa shape index (κ2) is 22.0. The summed E-state index contributed by atoms with van der Waals surface area (Å²) in [6.07, 6.45) is 25.3. The van der Waals surface area contributed by atoms with Gasteiger partial charge in [0.05, 0.1) is 12.9 Å². The smallest absolute Gasteiger partial charge is 0.0893 e. The molecule has 1 saturated heterocycles. The van der Waals surface area contributed by atoms with Crippen LogP contribution in [0.5, 0.6) is 0 Å². The molecule has 0 radical (unpaired) electrons. The number of unbranched alkanes of at least 4 members (excludes halogenated alkanes) is 13. The third-order valence-electron chi connectivity index (χ3n) is 6.86. The summed E-state index contributed by atoms with van der Waals surface area (Å²) in [7, 11) is 0. The molecule has 0 spiro atoms. The molecule has 200 valence electrons. The number of allylic oxidation sites excluding steroid dienone is 2. The lowest BCUT2D eigenvalue weighted by atomic mass is 9.91. The lowest BCUT2D eigenvalue weighted by molar-refractivity contribution is 0.501. The van der Waals surface area contributed by atoms with Crippen LogP contribution in [0.25, 0.3) is 0 Å². The Bertz CT molecular complexity index is 654. The van der Waals surface area contributed by atoms with Gasteiger partial charge >= 0.3 is 0 Å². The molecule has 0 saturated carbocycles. The summed E-state index contributed by atoms with van der Waals surface area (Å²) >= 11 is 2.00. The second-order valence-corrected chi connectivity index (χ2v) is 11.1. The molecule has 0 aromatic heterocycles. The molecule has 1 fully saturated rings. The summed E-state index contributed by atoms with van der Waals surface area (Å²) < 4.78 is 0. The lowest BCUT2D eigenvalue weighted by Gasteiger charge is -2.27. The monoisotopic (exact) mass is 501 g/mol. The third-order valence-corrected chi connectivity index (χ3v) is 7.26. The van der Waals surface area contributed by atoms with Gasteiger partial charge in [0.1, 0.15) is 0 Å². The van der Waals surface area contributed by atoms with Gasteiger partial charge < -0.3 is 11.1 Å². The largest absolute Gasteiger partial charge is 0.344 e. The molecular formula is C31H55N3S. The van der Waals surface area contributed by atoms with Crippen LogP contribution in [-0.2, 0) is 0 Å². The van der Waals surface area contributed by atoms with E-state index in [4.69, 9.17) is 0 Å². The average molecular weight is 502 g/mol. The standard InChI is InChI=1S/C29H48N2.C2H4S.H3N/c1-3-5-6-7-8-9-10-11-12-13-14-15-16-20-23-29(31-25-24-30-26-31)28(4-2)27-21-18-17-19-22-27;1-2-3-1;/h17-19,21-23,26,28H,3-16,20,24-25H2,1-2H3;1-2H2;1H3. The molecule has 1 aromatic rings. The van der Waals surface area contributed by atoms with Crippen LogP contribution in [0.3, 0.4) is 0 Å². The van der Waals surface area contributed by atoms with Gasteiger partial charge in [0.2, 0.25) is 0 Å². The average Bonchev–Trinajstić information content (AvgIpc) is 3.67. The van der Waals surface area contributed by atoms with Crippen LogP contribution in [0.4, 0.5) is 0 Å². The van der Waals surface area contributed by atoms with Gasteiger partial charge in [-0.15, -0.1) is 0 Å². The van der Waals surface area contributed by atoms with Crippen molar-refractivity contribution in [2.24, 2.45) is 4.99 Å². The Balaban J connectivity index is 0.00000142. The quantitative estimate of drug-likeness (QED) is 0.161. The fraction of sp³-hybridized carbons (Fsp3) is 0.710. The Kier molecular flexibility index (Phi) is 19.9. The van der Waals surface area contributed by atoms with Crippen molar-refractivity contribution in [3.05, 3.63) is 47.7 Å². The number of rotatable bonds is 18. The molecule has 0 aliphatic carbocycles. The molecule has 35 heavy (non-hydrogen) atoms. The van der Waals surface area contributed by atoms with E-state index in [0.717, 1.165) is 19.5 Å². The fourth-order valence-electron chi connectivity index (χ4n) is 4.75. The predicted molar refractivity (Wildman–Crippen MR) is 160 cm³/mol. The first-order valence-corrected chi connectivity index (χ1v) is 15.6. The summed E-state index contributed by atoms with van der Waals surface area (Å²) in [5.74, 6) is 3.31. The zero-order valence-corrected chi connectivity index (χ0v) is 23.9.